The van der Waals surface area contributed by atoms with E-state index in [0.29, 0.717) is 6.42 Å². The van der Waals surface area contributed by atoms with Gasteiger partial charge in [0.1, 0.15) is 0 Å². The van der Waals surface area contributed by atoms with Crippen molar-refractivity contribution in [1.82, 2.24) is 19.8 Å². The van der Waals surface area contributed by atoms with Crippen molar-refractivity contribution in [2.24, 2.45) is 0 Å². The molecular formula is C26H32N4O. The summed E-state index contributed by atoms with van der Waals surface area (Å²) in [5.74, 6) is 0.0729. The zero-order chi connectivity index (χ0) is 21.7. The fourth-order valence-corrected chi connectivity index (χ4v) is 3.35. The van der Waals surface area contributed by atoms with E-state index in [0.717, 1.165) is 50.1 Å². The van der Waals surface area contributed by atoms with Gasteiger partial charge >= 0.3 is 0 Å². The highest BCUT2D eigenvalue weighted by atomic mass is 16.1. The molecule has 3 aromatic rings. The minimum atomic E-state index is 0.0729. The standard InChI is InChI=1S/C26H32N4O/c1-29(20-16-23-8-3-2-4-9-23)19-6-5-17-28-26(31)11-7-10-24-12-14-25(15-13-24)30-21-18-27-22-30/h2-4,7-10,12-15,18,21-22H,5-6,11,16-17,19-20H2,1H3,(H,28,31). The first-order chi connectivity index (χ1) is 15.2. The Morgan fingerprint density at radius 1 is 1.06 bits per heavy atom. The van der Waals surface area contributed by atoms with E-state index < -0.39 is 0 Å². The Labute approximate surface area is 185 Å². The Morgan fingerprint density at radius 2 is 1.87 bits per heavy atom. The van der Waals surface area contributed by atoms with Gasteiger partial charge in [0.25, 0.3) is 0 Å². The molecule has 1 amide bonds. The van der Waals surface area contributed by atoms with Crippen LogP contribution in [0, 0.1) is 0 Å². The van der Waals surface area contributed by atoms with E-state index in [1.165, 1.54) is 5.56 Å². The van der Waals surface area contributed by atoms with Crippen molar-refractivity contribution in [2.75, 3.05) is 26.7 Å². The lowest BCUT2D eigenvalue weighted by Gasteiger charge is -2.16. The molecule has 2 aromatic carbocycles. The third-order valence-electron chi connectivity index (χ3n) is 5.22. The summed E-state index contributed by atoms with van der Waals surface area (Å²) in [5.41, 5.74) is 3.53. The number of nitrogens with one attached hydrogen (secondary N) is 1. The number of hydrogen-bond acceptors (Lipinski definition) is 3. The highest BCUT2D eigenvalue weighted by molar-refractivity contribution is 5.78. The summed E-state index contributed by atoms with van der Waals surface area (Å²) in [7, 11) is 2.16. The quantitative estimate of drug-likeness (QED) is 0.447. The molecule has 3 rings (SSSR count). The van der Waals surface area contributed by atoms with E-state index in [2.05, 4.69) is 52.6 Å². The van der Waals surface area contributed by atoms with E-state index in [1.54, 1.807) is 12.5 Å². The summed E-state index contributed by atoms with van der Waals surface area (Å²) in [5, 5.41) is 3.01. The third kappa shape index (κ3) is 8.22. The van der Waals surface area contributed by atoms with Gasteiger partial charge in [-0.05, 0) is 56.1 Å². The Kier molecular flexibility index (Phi) is 9.07. The summed E-state index contributed by atoms with van der Waals surface area (Å²) in [6.45, 7) is 2.85. The molecule has 0 saturated heterocycles. The Morgan fingerprint density at radius 3 is 2.61 bits per heavy atom. The van der Waals surface area contributed by atoms with Crippen LogP contribution in [0.25, 0.3) is 11.8 Å². The SMILES string of the molecule is CN(CCCCNC(=O)CC=Cc1ccc(-n2ccnc2)cc1)CCc1ccccc1. The van der Waals surface area contributed by atoms with Crippen LogP contribution >= 0.6 is 0 Å². The first-order valence-corrected chi connectivity index (χ1v) is 10.9. The van der Waals surface area contributed by atoms with Gasteiger partial charge in [0.2, 0.25) is 5.91 Å². The molecule has 0 spiro atoms. The van der Waals surface area contributed by atoms with Crippen molar-refractivity contribution in [2.45, 2.75) is 25.7 Å². The van der Waals surface area contributed by atoms with Gasteiger partial charge < -0.3 is 14.8 Å². The van der Waals surface area contributed by atoms with Gasteiger partial charge in [-0.2, -0.15) is 0 Å². The smallest absolute Gasteiger partial charge is 0.223 e. The highest BCUT2D eigenvalue weighted by Crippen LogP contribution is 2.10. The number of aromatic nitrogens is 2. The molecule has 0 aliphatic heterocycles. The highest BCUT2D eigenvalue weighted by Gasteiger charge is 2.01. The number of amides is 1. The predicted octanol–water partition coefficient (Wildman–Crippen LogP) is 4.35. The summed E-state index contributed by atoms with van der Waals surface area (Å²) in [6.07, 6.45) is 12.9. The van der Waals surface area contributed by atoms with E-state index in [9.17, 15) is 4.79 Å². The molecule has 31 heavy (non-hydrogen) atoms. The van der Waals surface area contributed by atoms with E-state index in [4.69, 9.17) is 0 Å². The molecule has 0 radical (unpaired) electrons. The normalized spacial score (nSPS) is 11.3. The van der Waals surface area contributed by atoms with Gasteiger partial charge in [0, 0.05) is 37.6 Å². The number of nitrogens with zero attached hydrogens (tertiary/aromatic N) is 3. The molecule has 0 atom stereocenters. The summed E-state index contributed by atoms with van der Waals surface area (Å²) < 4.78 is 1.96. The minimum absolute atomic E-state index is 0.0729. The van der Waals surface area contributed by atoms with Gasteiger partial charge in [0.05, 0.1) is 6.33 Å². The molecule has 0 fully saturated rings. The second-order valence-corrected chi connectivity index (χ2v) is 7.76. The lowest BCUT2D eigenvalue weighted by atomic mass is 10.1. The van der Waals surface area contributed by atoms with E-state index >= 15 is 0 Å². The van der Waals surface area contributed by atoms with E-state index in [1.807, 2.05) is 47.2 Å². The molecule has 1 N–H and O–H groups in total. The molecule has 162 valence electrons. The maximum absolute atomic E-state index is 12.0. The number of benzene rings is 2. The first-order valence-electron chi connectivity index (χ1n) is 10.9. The Balaban J connectivity index is 1.25. The number of carbonyl (C=O) groups is 1. The molecule has 5 nitrogen and oxygen atoms in total. The average Bonchev–Trinajstić information content (AvgIpc) is 3.34. The molecule has 1 heterocycles. The molecule has 0 bridgehead atoms. The van der Waals surface area contributed by atoms with Crippen LogP contribution in [0.2, 0.25) is 0 Å². The molecule has 0 saturated carbocycles. The van der Waals surface area contributed by atoms with Crippen molar-refractivity contribution in [3.05, 3.63) is 90.5 Å². The van der Waals surface area contributed by atoms with Crippen LogP contribution in [0.3, 0.4) is 0 Å². The molecular weight excluding hydrogens is 384 g/mol. The van der Waals surface area contributed by atoms with Crippen LogP contribution in [0.4, 0.5) is 0 Å². The molecule has 0 aliphatic rings. The van der Waals surface area contributed by atoms with Crippen LogP contribution in [-0.2, 0) is 11.2 Å². The summed E-state index contributed by atoms with van der Waals surface area (Å²) >= 11 is 0. The number of imidazole rings is 1. The van der Waals surface area contributed by atoms with Crippen molar-refractivity contribution in [3.63, 3.8) is 0 Å². The van der Waals surface area contributed by atoms with Gasteiger partial charge in [0.15, 0.2) is 0 Å². The Hall–Kier alpha value is -3.18. The second-order valence-electron chi connectivity index (χ2n) is 7.76. The minimum Gasteiger partial charge on any atom is -0.356 e. The van der Waals surface area contributed by atoms with Crippen LogP contribution in [-0.4, -0.2) is 47.0 Å². The van der Waals surface area contributed by atoms with Crippen LogP contribution in [0.5, 0.6) is 0 Å². The lowest BCUT2D eigenvalue weighted by molar-refractivity contribution is -0.120. The van der Waals surface area contributed by atoms with Crippen LogP contribution in [0.1, 0.15) is 30.4 Å². The number of rotatable bonds is 12. The summed E-state index contributed by atoms with van der Waals surface area (Å²) in [4.78, 5) is 18.4. The topological polar surface area (TPSA) is 50.2 Å². The molecule has 0 aliphatic carbocycles. The zero-order valence-electron chi connectivity index (χ0n) is 18.3. The van der Waals surface area contributed by atoms with Crippen molar-refractivity contribution in [3.8, 4) is 5.69 Å². The largest absolute Gasteiger partial charge is 0.356 e. The number of hydrogen-bond donors (Lipinski definition) is 1. The monoisotopic (exact) mass is 416 g/mol. The van der Waals surface area contributed by atoms with Gasteiger partial charge in [-0.15, -0.1) is 0 Å². The second kappa shape index (κ2) is 12.5. The van der Waals surface area contributed by atoms with Crippen LogP contribution < -0.4 is 5.32 Å². The number of likely N-dealkylation sites (N-methyl/N-ethyl adjacent to an activating group) is 1. The van der Waals surface area contributed by atoms with Gasteiger partial charge in [-0.3, -0.25) is 4.79 Å². The molecule has 1 aromatic heterocycles. The van der Waals surface area contributed by atoms with E-state index in [-0.39, 0.29) is 5.91 Å². The Bertz CT molecular complexity index is 918. The molecule has 5 heteroatoms. The average molecular weight is 417 g/mol. The predicted molar refractivity (Wildman–Crippen MR) is 127 cm³/mol. The van der Waals surface area contributed by atoms with Crippen molar-refractivity contribution < 1.29 is 4.79 Å². The summed E-state index contributed by atoms with van der Waals surface area (Å²) in [6, 6.07) is 18.7. The maximum Gasteiger partial charge on any atom is 0.223 e. The number of unbranched alkanes of at least 4 members (excludes halogenated alkanes) is 1. The van der Waals surface area contributed by atoms with Crippen LogP contribution in [0.15, 0.2) is 79.4 Å². The van der Waals surface area contributed by atoms with Gasteiger partial charge in [-0.1, -0.05) is 54.6 Å². The zero-order valence-corrected chi connectivity index (χ0v) is 18.3. The number of carbonyl (C=O) groups excluding carboxylic acids is 1. The maximum atomic E-state index is 12.0. The van der Waals surface area contributed by atoms with Crippen molar-refractivity contribution >= 4 is 12.0 Å². The van der Waals surface area contributed by atoms with Gasteiger partial charge in [-0.25, -0.2) is 4.98 Å². The lowest BCUT2D eigenvalue weighted by Crippen LogP contribution is -2.26. The fraction of sp³-hybridized carbons (Fsp3) is 0.308. The van der Waals surface area contributed by atoms with Crippen molar-refractivity contribution in [1.29, 1.82) is 0 Å². The first kappa shape index (κ1) is 22.5. The molecule has 0 unspecified atom stereocenters. The fourth-order valence-electron chi connectivity index (χ4n) is 3.35. The third-order valence-corrected chi connectivity index (χ3v) is 5.22.